The van der Waals surface area contributed by atoms with Crippen LogP contribution in [0.2, 0.25) is 0 Å². The van der Waals surface area contributed by atoms with Gasteiger partial charge in [-0.25, -0.2) is 0 Å². The number of carbonyl (C=O) groups excluding carboxylic acids is 1. The van der Waals surface area contributed by atoms with Crippen LogP contribution in [-0.4, -0.2) is 57.5 Å². The Morgan fingerprint density at radius 1 is 1.03 bits per heavy atom. The summed E-state index contributed by atoms with van der Waals surface area (Å²) in [6.07, 6.45) is 1.96. The Hall–Kier alpha value is -3.12. The normalized spacial score (nSPS) is 23.7. The zero-order valence-corrected chi connectivity index (χ0v) is 16.9. The smallest absolute Gasteiger partial charge is 0.275 e. The minimum atomic E-state index is -1.26. The summed E-state index contributed by atoms with van der Waals surface area (Å²) in [6, 6.07) is 16.8. The van der Waals surface area contributed by atoms with E-state index >= 15 is 0 Å². The number of hydrazone groups is 1. The lowest BCUT2D eigenvalue weighted by Gasteiger charge is -2.45. The Morgan fingerprint density at radius 2 is 1.63 bits per heavy atom. The zero-order valence-electron chi connectivity index (χ0n) is 16.9. The maximum Gasteiger partial charge on any atom is 0.275 e. The molecule has 3 aliphatic rings. The highest BCUT2D eigenvalue weighted by Crippen LogP contribution is 2.42. The predicted octanol–water partition coefficient (Wildman–Crippen LogP) is 2.58. The van der Waals surface area contributed by atoms with Crippen LogP contribution in [0.4, 0.5) is 0 Å². The van der Waals surface area contributed by atoms with Gasteiger partial charge in [0.25, 0.3) is 5.91 Å². The van der Waals surface area contributed by atoms with Crippen molar-refractivity contribution in [1.29, 1.82) is 0 Å². The van der Waals surface area contributed by atoms with E-state index in [2.05, 4.69) is 53.6 Å². The highest BCUT2D eigenvalue weighted by Gasteiger charge is 2.45. The number of fused-ring (bicyclic) bond motifs is 3. The maximum atomic E-state index is 13.0. The van der Waals surface area contributed by atoms with Crippen LogP contribution in [0, 0.1) is 0 Å². The van der Waals surface area contributed by atoms with Gasteiger partial charge in [-0.2, -0.15) is 5.10 Å². The van der Waals surface area contributed by atoms with Gasteiger partial charge in [-0.3, -0.25) is 9.80 Å². The number of carbonyl (C=O) groups is 1. The lowest BCUT2D eigenvalue weighted by Crippen LogP contribution is -2.57. The molecule has 1 unspecified atom stereocenters. The van der Waals surface area contributed by atoms with Crippen molar-refractivity contribution in [2.75, 3.05) is 13.1 Å². The minimum Gasteiger partial charge on any atom is -0.507 e. The molecule has 30 heavy (non-hydrogen) atoms. The third-order valence-corrected chi connectivity index (χ3v) is 6.51. The molecule has 1 amide bonds. The number of likely N-dealkylation sites (N-methyl/N-ethyl adjacent to an activating group) is 1. The van der Waals surface area contributed by atoms with Gasteiger partial charge >= 0.3 is 0 Å². The molecule has 154 valence electrons. The van der Waals surface area contributed by atoms with Crippen LogP contribution < -0.4 is 0 Å². The lowest BCUT2D eigenvalue weighted by atomic mass is 9.81. The van der Waals surface area contributed by atoms with Crippen LogP contribution in [0.25, 0.3) is 0 Å². The van der Waals surface area contributed by atoms with E-state index in [1.165, 1.54) is 28.5 Å². The topological polar surface area (TPSA) is 76.4 Å². The second-order valence-electron chi connectivity index (χ2n) is 8.07. The summed E-state index contributed by atoms with van der Waals surface area (Å²) in [7, 11) is 0. The first-order valence-electron chi connectivity index (χ1n) is 10.5. The van der Waals surface area contributed by atoms with Gasteiger partial charge in [-0.15, -0.1) is 0 Å². The van der Waals surface area contributed by atoms with Gasteiger partial charge < -0.3 is 15.1 Å². The molecular weight excluding hydrogens is 378 g/mol. The summed E-state index contributed by atoms with van der Waals surface area (Å²) in [4.78, 5) is 14.7. The molecule has 2 aromatic rings. The van der Waals surface area contributed by atoms with E-state index < -0.39 is 6.10 Å². The largest absolute Gasteiger partial charge is 0.507 e. The molecule has 2 aliphatic heterocycles. The second-order valence-corrected chi connectivity index (χ2v) is 8.07. The average molecular weight is 403 g/mol. The lowest BCUT2D eigenvalue weighted by molar-refractivity contribution is -0.134. The van der Waals surface area contributed by atoms with Crippen LogP contribution >= 0.6 is 0 Å². The molecule has 5 rings (SSSR count). The number of hydrogen-bond donors (Lipinski definition) is 2. The standard InChI is InChI=1S/C24H25N3O3/c1-2-26-14-19(27-22(24(26)30)23(29)20(28)13-25-27)21-17-9-5-3-7-15(17)11-12-16-8-4-6-10-18(16)21/h3-10,13,19-21,28-29H,2,11-12,14H2,1H3/t19-,20?/m1/s1. The van der Waals surface area contributed by atoms with E-state index in [9.17, 15) is 15.0 Å². The number of aliphatic hydroxyl groups is 2. The minimum absolute atomic E-state index is 0.0164. The van der Waals surface area contributed by atoms with Crippen LogP contribution in [0.15, 0.2) is 65.1 Å². The SMILES string of the molecule is CCN1C[C@H](C2c3ccccc3CCc3ccccc32)N2N=CC(O)C(O)=C2C1=O. The third-order valence-electron chi connectivity index (χ3n) is 6.51. The van der Waals surface area contributed by atoms with Gasteiger partial charge in [0.05, 0.1) is 12.3 Å². The number of aryl methyl sites for hydroxylation is 2. The van der Waals surface area contributed by atoms with Crippen LogP contribution in [-0.2, 0) is 17.6 Å². The Kier molecular flexibility index (Phi) is 4.59. The van der Waals surface area contributed by atoms with Crippen LogP contribution in [0.5, 0.6) is 0 Å². The quantitative estimate of drug-likeness (QED) is 0.808. The number of amides is 1. The molecule has 1 aliphatic carbocycles. The Bertz CT molecular complexity index is 1010. The van der Waals surface area contributed by atoms with E-state index in [-0.39, 0.29) is 29.3 Å². The molecule has 2 N–H and O–H groups in total. The molecule has 0 aromatic heterocycles. The fourth-order valence-electron chi connectivity index (χ4n) is 5.02. The van der Waals surface area contributed by atoms with Gasteiger partial charge in [-0.05, 0) is 42.0 Å². The highest BCUT2D eigenvalue weighted by molar-refractivity contribution is 5.96. The molecule has 6 heteroatoms. The van der Waals surface area contributed by atoms with E-state index in [0.717, 1.165) is 12.8 Å². The highest BCUT2D eigenvalue weighted by atomic mass is 16.3. The molecular formula is C24H25N3O3. The first-order chi connectivity index (χ1) is 14.6. The molecule has 0 saturated carbocycles. The summed E-state index contributed by atoms with van der Waals surface area (Å²) in [5.41, 5.74) is 5.15. The van der Waals surface area contributed by atoms with Crippen molar-refractivity contribution in [3.8, 4) is 0 Å². The third kappa shape index (κ3) is 2.82. The molecule has 2 atom stereocenters. The molecule has 0 bridgehead atoms. The first-order valence-corrected chi connectivity index (χ1v) is 10.5. The van der Waals surface area contributed by atoms with Gasteiger partial charge in [0.1, 0.15) is 6.10 Å². The van der Waals surface area contributed by atoms with Gasteiger partial charge in [0.2, 0.25) is 0 Å². The summed E-state index contributed by atoms with van der Waals surface area (Å²) in [5.74, 6) is -0.636. The zero-order chi connectivity index (χ0) is 20.8. The van der Waals surface area contributed by atoms with Crippen molar-refractivity contribution in [2.24, 2.45) is 5.10 Å². The Balaban J connectivity index is 1.71. The number of aliphatic hydroxyl groups excluding tert-OH is 2. The number of nitrogens with zero attached hydrogens (tertiary/aromatic N) is 3. The molecule has 0 spiro atoms. The van der Waals surface area contributed by atoms with E-state index in [1.807, 2.05) is 6.92 Å². The summed E-state index contributed by atoms with van der Waals surface area (Å²) < 4.78 is 0. The van der Waals surface area contributed by atoms with Crippen molar-refractivity contribution >= 4 is 12.1 Å². The fourth-order valence-corrected chi connectivity index (χ4v) is 5.02. The van der Waals surface area contributed by atoms with Gasteiger partial charge in [-0.1, -0.05) is 48.5 Å². The molecule has 1 fully saturated rings. The Morgan fingerprint density at radius 3 is 2.23 bits per heavy atom. The Labute approximate surface area is 175 Å². The summed E-state index contributed by atoms with van der Waals surface area (Å²) >= 11 is 0. The molecule has 6 nitrogen and oxygen atoms in total. The number of rotatable bonds is 2. The van der Waals surface area contributed by atoms with Crippen molar-refractivity contribution < 1.29 is 15.0 Å². The van der Waals surface area contributed by atoms with Gasteiger partial charge in [0.15, 0.2) is 11.5 Å². The number of benzene rings is 2. The molecule has 2 aromatic carbocycles. The summed E-state index contributed by atoms with van der Waals surface area (Å²) in [5, 5.41) is 26.7. The molecule has 1 saturated heterocycles. The number of piperazine rings is 1. The predicted molar refractivity (Wildman–Crippen MR) is 114 cm³/mol. The monoisotopic (exact) mass is 403 g/mol. The maximum absolute atomic E-state index is 13.0. The molecule has 0 radical (unpaired) electrons. The average Bonchev–Trinajstić information content (AvgIpc) is 2.93. The van der Waals surface area contributed by atoms with Crippen molar-refractivity contribution in [2.45, 2.75) is 37.8 Å². The van der Waals surface area contributed by atoms with Crippen LogP contribution in [0.1, 0.15) is 35.1 Å². The second kappa shape index (κ2) is 7.29. The van der Waals surface area contributed by atoms with E-state index in [0.29, 0.717) is 13.1 Å². The fraction of sp³-hybridized carbons (Fsp3) is 0.333. The van der Waals surface area contributed by atoms with Crippen molar-refractivity contribution in [3.63, 3.8) is 0 Å². The van der Waals surface area contributed by atoms with E-state index in [1.54, 1.807) is 9.91 Å². The van der Waals surface area contributed by atoms with Crippen molar-refractivity contribution in [1.82, 2.24) is 9.91 Å². The van der Waals surface area contributed by atoms with Crippen LogP contribution in [0.3, 0.4) is 0 Å². The summed E-state index contributed by atoms with van der Waals surface area (Å²) in [6.45, 7) is 2.95. The number of hydrogen-bond acceptors (Lipinski definition) is 5. The first kappa shape index (κ1) is 18.9. The molecule has 2 heterocycles. The van der Waals surface area contributed by atoms with Gasteiger partial charge in [0, 0.05) is 19.0 Å². The van der Waals surface area contributed by atoms with Crippen molar-refractivity contribution in [3.05, 3.63) is 82.2 Å². The van der Waals surface area contributed by atoms with E-state index in [4.69, 9.17) is 0 Å².